The fourth-order valence-corrected chi connectivity index (χ4v) is 4.13. The second-order valence-corrected chi connectivity index (χ2v) is 11.3. The van der Waals surface area contributed by atoms with Crippen LogP contribution < -0.4 is 16.0 Å². The van der Waals surface area contributed by atoms with Crippen molar-refractivity contribution >= 4 is 23.9 Å². The molecule has 1 saturated carbocycles. The van der Waals surface area contributed by atoms with E-state index < -0.39 is 29.7 Å². The third kappa shape index (κ3) is 11.7. The Kier molecular flexibility index (Phi) is 11.8. The Morgan fingerprint density at radius 1 is 0.882 bits per heavy atom. The van der Waals surface area contributed by atoms with E-state index in [0.717, 1.165) is 12.8 Å². The van der Waals surface area contributed by atoms with Gasteiger partial charge in [0.2, 0.25) is 11.8 Å². The van der Waals surface area contributed by atoms with Gasteiger partial charge in [0.15, 0.2) is 0 Å². The summed E-state index contributed by atoms with van der Waals surface area (Å²) in [6.45, 7) is 13.6. The highest BCUT2D eigenvalue weighted by molar-refractivity contribution is 5.86. The van der Waals surface area contributed by atoms with Crippen molar-refractivity contribution in [3.8, 4) is 0 Å². The molecule has 0 unspecified atom stereocenters. The molecule has 34 heavy (non-hydrogen) atoms. The second kappa shape index (κ2) is 13.5. The summed E-state index contributed by atoms with van der Waals surface area (Å²) in [6.07, 6.45) is 3.15. The highest BCUT2D eigenvalue weighted by Gasteiger charge is 2.31. The average molecular weight is 484 g/mol. The molecule has 1 fully saturated rings. The van der Waals surface area contributed by atoms with Crippen molar-refractivity contribution in [3.05, 3.63) is 0 Å². The molecule has 0 heterocycles. The molecule has 9 heteroatoms. The zero-order valence-electron chi connectivity index (χ0n) is 21.9. The van der Waals surface area contributed by atoms with Gasteiger partial charge in [0.1, 0.15) is 17.7 Å². The van der Waals surface area contributed by atoms with Crippen LogP contribution in [0.25, 0.3) is 0 Å². The first-order valence-corrected chi connectivity index (χ1v) is 12.5. The van der Waals surface area contributed by atoms with Gasteiger partial charge < -0.3 is 25.8 Å². The molecule has 0 bridgehead atoms. The van der Waals surface area contributed by atoms with Gasteiger partial charge in [0.05, 0.1) is 0 Å². The fourth-order valence-electron chi connectivity index (χ4n) is 4.13. The van der Waals surface area contributed by atoms with E-state index in [-0.39, 0.29) is 35.5 Å². The van der Waals surface area contributed by atoms with Gasteiger partial charge in [-0.05, 0) is 77.0 Å². The molecule has 0 aromatic heterocycles. The Morgan fingerprint density at radius 3 is 1.88 bits per heavy atom. The van der Waals surface area contributed by atoms with Gasteiger partial charge in [-0.3, -0.25) is 9.59 Å². The number of rotatable bonds is 11. The number of carboxylic acids is 1. The number of amides is 3. The molecule has 0 radical (unpaired) electrons. The largest absolute Gasteiger partial charge is 0.480 e. The summed E-state index contributed by atoms with van der Waals surface area (Å²) in [5.41, 5.74) is -0.646. The van der Waals surface area contributed by atoms with Gasteiger partial charge in [-0.1, -0.05) is 27.7 Å². The minimum atomic E-state index is -1.01. The highest BCUT2D eigenvalue weighted by Crippen LogP contribution is 2.29. The minimum absolute atomic E-state index is 0.171. The van der Waals surface area contributed by atoms with E-state index in [0.29, 0.717) is 32.2 Å². The Labute approximate surface area is 204 Å². The van der Waals surface area contributed by atoms with Crippen LogP contribution in [0.2, 0.25) is 0 Å². The van der Waals surface area contributed by atoms with E-state index in [1.807, 2.05) is 27.7 Å². The summed E-state index contributed by atoms with van der Waals surface area (Å²) in [5, 5.41) is 17.7. The molecule has 9 nitrogen and oxygen atoms in total. The van der Waals surface area contributed by atoms with E-state index in [1.165, 1.54) is 0 Å². The topological polar surface area (TPSA) is 134 Å². The molecule has 1 rings (SSSR count). The summed E-state index contributed by atoms with van der Waals surface area (Å²) >= 11 is 0. The molecule has 0 aromatic carbocycles. The molecule has 1 aliphatic rings. The predicted octanol–water partition coefficient (Wildman–Crippen LogP) is 3.46. The molecule has 1 aliphatic carbocycles. The van der Waals surface area contributed by atoms with Crippen molar-refractivity contribution in [1.29, 1.82) is 0 Å². The van der Waals surface area contributed by atoms with E-state index in [4.69, 9.17) is 4.74 Å². The first-order valence-electron chi connectivity index (χ1n) is 12.5. The van der Waals surface area contributed by atoms with Gasteiger partial charge in [-0.2, -0.15) is 0 Å². The monoisotopic (exact) mass is 483 g/mol. The summed E-state index contributed by atoms with van der Waals surface area (Å²) in [6, 6.07) is -1.54. The molecule has 3 amide bonds. The lowest BCUT2D eigenvalue weighted by molar-refractivity contribution is -0.143. The second-order valence-electron chi connectivity index (χ2n) is 11.3. The van der Waals surface area contributed by atoms with Crippen molar-refractivity contribution in [2.45, 2.75) is 105 Å². The van der Waals surface area contributed by atoms with Gasteiger partial charge in [0.25, 0.3) is 0 Å². The van der Waals surface area contributed by atoms with Crippen LogP contribution in [-0.2, 0) is 19.1 Å². The van der Waals surface area contributed by atoms with Crippen LogP contribution in [0.15, 0.2) is 0 Å². The number of alkyl carbamates (subject to hydrolysis) is 1. The van der Waals surface area contributed by atoms with E-state index in [2.05, 4.69) is 16.0 Å². The molecular formula is C25H45N3O6. The van der Waals surface area contributed by atoms with Crippen molar-refractivity contribution in [1.82, 2.24) is 16.0 Å². The molecular weight excluding hydrogens is 438 g/mol. The molecule has 0 aromatic rings. The maximum atomic E-state index is 12.8. The van der Waals surface area contributed by atoms with Crippen LogP contribution in [0.4, 0.5) is 4.79 Å². The molecule has 0 saturated heterocycles. The maximum Gasteiger partial charge on any atom is 0.408 e. The first kappa shape index (κ1) is 29.7. The zero-order chi connectivity index (χ0) is 26.1. The van der Waals surface area contributed by atoms with Crippen LogP contribution >= 0.6 is 0 Å². The number of carbonyl (C=O) groups is 4. The normalized spacial score (nSPS) is 20.4. The number of carboxylic acid groups (broad SMARTS) is 1. The van der Waals surface area contributed by atoms with Gasteiger partial charge in [-0.25, -0.2) is 9.59 Å². The Balaban J connectivity index is 2.53. The standard InChI is InChI=1S/C25H45N3O6/c1-15(2)12-19(28-24(33)34-25(5,6)7)22(30)26-14-17-8-10-18(11-9-17)21(29)27-20(23(31)32)13-16(3)4/h15-20H,8-14H2,1-7H3,(H,26,30)(H,27,29)(H,28,33)(H,31,32)/t17?,18?,19-,20+/m1/s1. The molecule has 0 aliphatic heterocycles. The number of carbonyl (C=O) groups excluding carboxylic acids is 3. The van der Waals surface area contributed by atoms with Crippen molar-refractivity contribution in [2.24, 2.45) is 23.7 Å². The minimum Gasteiger partial charge on any atom is -0.480 e. The van der Waals surface area contributed by atoms with Gasteiger partial charge in [0, 0.05) is 12.5 Å². The summed E-state index contributed by atoms with van der Waals surface area (Å²) in [5.74, 6) is -1.03. The van der Waals surface area contributed by atoms with E-state index in [9.17, 15) is 24.3 Å². The molecule has 4 N–H and O–H groups in total. The number of hydrogen-bond donors (Lipinski definition) is 4. The average Bonchev–Trinajstić information content (AvgIpc) is 2.69. The van der Waals surface area contributed by atoms with E-state index >= 15 is 0 Å². The number of aliphatic carboxylic acids is 1. The fraction of sp³-hybridized carbons (Fsp3) is 0.840. The van der Waals surface area contributed by atoms with Gasteiger partial charge in [-0.15, -0.1) is 0 Å². The highest BCUT2D eigenvalue weighted by atomic mass is 16.6. The van der Waals surface area contributed by atoms with Gasteiger partial charge >= 0.3 is 12.1 Å². The third-order valence-electron chi connectivity index (χ3n) is 5.82. The third-order valence-corrected chi connectivity index (χ3v) is 5.82. The van der Waals surface area contributed by atoms with Crippen molar-refractivity contribution in [2.75, 3.05) is 6.54 Å². The molecule has 2 atom stereocenters. The quantitative estimate of drug-likeness (QED) is 0.356. The van der Waals surface area contributed by atoms with Crippen LogP contribution in [0, 0.1) is 23.7 Å². The first-order chi connectivity index (χ1) is 15.7. The molecule has 196 valence electrons. The lowest BCUT2D eigenvalue weighted by Gasteiger charge is -2.29. The van der Waals surface area contributed by atoms with E-state index in [1.54, 1.807) is 20.8 Å². The van der Waals surface area contributed by atoms with Crippen LogP contribution in [0.5, 0.6) is 0 Å². The zero-order valence-corrected chi connectivity index (χ0v) is 21.9. The summed E-state index contributed by atoms with van der Waals surface area (Å²) in [4.78, 5) is 48.9. The summed E-state index contributed by atoms with van der Waals surface area (Å²) in [7, 11) is 0. The Bertz CT molecular complexity index is 693. The van der Waals surface area contributed by atoms with Crippen LogP contribution in [0.3, 0.4) is 0 Å². The maximum absolute atomic E-state index is 12.8. The smallest absolute Gasteiger partial charge is 0.408 e. The summed E-state index contributed by atoms with van der Waals surface area (Å²) < 4.78 is 5.29. The number of hydrogen-bond acceptors (Lipinski definition) is 5. The SMILES string of the molecule is CC(C)C[C@H](NC(=O)C1CCC(CNC(=O)[C@@H](CC(C)C)NC(=O)OC(C)(C)C)CC1)C(=O)O. The van der Waals surface area contributed by atoms with Crippen molar-refractivity contribution < 1.29 is 29.0 Å². The lowest BCUT2D eigenvalue weighted by Crippen LogP contribution is -2.50. The Morgan fingerprint density at radius 2 is 1.41 bits per heavy atom. The van der Waals surface area contributed by atoms with Crippen LogP contribution in [0.1, 0.15) is 87.0 Å². The van der Waals surface area contributed by atoms with Crippen molar-refractivity contribution in [3.63, 3.8) is 0 Å². The number of nitrogens with one attached hydrogen (secondary N) is 3. The molecule has 0 spiro atoms. The Hall–Kier alpha value is -2.32. The lowest BCUT2D eigenvalue weighted by atomic mass is 9.81. The predicted molar refractivity (Wildman–Crippen MR) is 130 cm³/mol. The number of ether oxygens (including phenoxy) is 1. The van der Waals surface area contributed by atoms with Crippen LogP contribution in [-0.4, -0.2) is 53.2 Å².